The van der Waals surface area contributed by atoms with E-state index in [9.17, 15) is 4.79 Å². The fourth-order valence-corrected chi connectivity index (χ4v) is 8.10. The number of nitrogens with zero attached hydrogens (tertiary/aromatic N) is 6. The second-order valence-corrected chi connectivity index (χ2v) is 14.9. The van der Waals surface area contributed by atoms with E-state index >= 15 is 0 Å². The first kappa shape index (κ1) is 30.8. The maximum Gasteiger partial charge on any atom is 0.410 e. The topological polar surface area (TPSA) is 89.7 Å². The maximum atomic E-state index is 12.8. The predicted molar refractivity (Wildman–Crippen MR) is 177 cm³/mol. The van der Waals surface area contributed by atoms with Crippen LogP contribution in [-0.2, 0) is 9.47 Å². The van der Waals surface area contributed by atoms with Crippen LogP contribution in [-0.4, -0.2) is 81.0 Å². The van der Waals surface area contributed by atoms with E-state index in [1.807, 2.05) is 31.9 Å². The molecule has 1 atom stereocenters. The number of ether oxygens (including phenoxy) is 2. The minimum absolute atomic E-state index is 0.0606. The van der Waals surface area contributed by atoms with Crippen molar-refractivity contribution in [2.75, 3.05) is 44.2 Å². The number of fused-ring (bicyclic) bond motifs is 1. The van der Waals surface area contributed by atoms with Crippen molar-refractivity contribution in [1.29, 1.82) is 0 Å². The summed E-state index contributed by atoms with van der Waals surface area (Å²) in [5, 5.41) is 15.8. The summed E-state index contributed by atoms with van der Waals surface area (Å²) in [7, 11) is 0. The van der Waals surface area contributed by atoms with Crippen LogP contribution in [0.25, 0.3) is 22.0 Å². The molecule has 1 N–H and O–H groups in total. The summed E-state index contributed by atoms with van der Waals surface area (Å²) < 4.78 is 16.1. The van der Waals surface area contributed by atoms with Gasteiger partial charge in [0.25, 0.3) is 0 Å². The smallest absolute Gasteiger partial charge is 0.410 e. The highest BCUT2D eigenvalue weighted by molar-refractivity contribution is 6.36. The van der Waals surface area contributed by atoms with Gasteiger partial charge in [-0.15, -0.1) is 0 Å². The number of aromatic nitrogens is 4. The molecule has 1 amide bonds. The second-order valence-electron chi connectivity index (χ2n) is 14.6. The average molecular weight is 638 g/mol. The number of piperidine rings is 1. The van der Waals surface area contributed by atoms with Crippen LogP contribution in [0.5, 0.6) is 0 Å². The van der Waals surface area contributed by atoms with Crippen LogP contribution >= 0.6 is 11.6 Å². The van der Waals surface area contributed by atoms with E-state index in [1.54, 1.807) is 0 Å². The zero-order valence-corrected chi connectivity index (χ0v) is 28.3. The SMILES string of the molecule is Cc1cc2c(cnn2C2CCCCO2)c(-c2c(N3CCNCC34CCC4)nn(C3CCN(C(=O)OC(C)(C)C)CC3)c2C)c1Cl. The third-order valence-corrected chi connectivity index (χ3v) is 10.9. The minimum Gasteiger partial charge on any atom is -0.444 e. The van der Waals surface area contributed by atoms with Gasteiger partial charge in [0.15, 0.2) is 12.0 Å². The van der Waals surface area contributed by atoms with Gasteiger partial charge in [-0.1, -0.05) is 11.6 Å². The van der Waals surface area contributed by atoms with Gasteiger partial charge in [-0.25, -0.2) is 9.48 Å². The van der Waals surface area contributed by atoms with Gasteiger partial charge in [0.2, 0.25) is 0 Å². The largest absolute Gasteiger partial charge is 0.444 e. The van der Waals surface area contributed by atoms with Crippen LogP contribution in [0.1, 0.15) is 95.7 Å². The summed E-state index contributed by atoms with van der Waals surface area (Å²) in [6, 6.07) is 2.34. The Kier molecular flexibility index (Phi) is 8.05. The van der Waals surface area contributed by atoms with Crippen molar-refractivity contribution in [2.24, 2.45) is 0 Å². The van der Waals surface area contributed by atoms with Crippen LogP contribution in [0.4, 0.5) is 10.6 Å². The van der Waals surface area contributed by atoms with Crippen LogP contribution in [0.15, 0.2) is 12.3 Å². The van der Waals surface area contributed by atoms with Gasteiger partial charge in [0.1, 0.15) is 5.60 Å². The van der Waals surface area contributed by atoms with Gasteiger partial charge in [-0.05, 0) is 97.6 Å². The fourth-order valence-electron chi connectivity index (χ4n) is 7.85. The Hall–Kier alpha value is -2.82. The number of anilines is 1. The average Bonchev–Trinajstić information content (AvgIpc) is 3.57. The molecule has 1 spiro atoms. The van der Waals surface area contributed by atoms with Crippen LogP contribution in [0, 0.1) is 13.8 Å². The summed E-state index contributed by atoms with van der Waals surface area (Å²) in [5.74, 6) is 1.03. The van der Waals surface area contributed by atoms with Crippen molar-refractivity contribution in [2.45, 2.75) is 109 Å². The fraction of sp³-hybridized carbons (Fsp3) is 0.676. The van der Waals surface area contributed by atoms with E-state index in [1.165, 1.54) is 6.42 Å². The van der Waals surface area contributed by atoms with Crippen LogP contribution < -0.4 is 10.2 Å². The van der Waals surface area contributed by atoms with E-state index in [2.05, 4.69) is 39.5 Å². The molecule has 7 rings (SSSR count). The Morgan fingerprint density at radius 1 is 1.07 bits per heavy atom. The molecule has 3 aromatic rings. The number of carbonyl (C=O) groups is 1. The molecule has 5 heterocycles. The number of carbonyl (C=O) groups excluding carboxylic acids is 1. The van der Waals surface area contributed by atoms with Crippen molar-refractivity contribution in [3.05, 3.63) is 28.5 Å². The lowest BCUT2D eigenvalue weighted by Crippen LogP contribution is -2.65. The third kappa shape index (κ3) is 5.50. The van der Waals surface area contributed by atoms with Gasteiger partial charge in [0, 0.05) is 61.5 Å². The van der Waals surface area contributed by atoms with Gasteiger partial charge in [-0.3, -0.25) is 4.68 Å². The molecule has 1 aliphatic carbocycles. The molecule has 1 saturated carbocycles. The molecule has 3 aliphatic heterocycles. The maximum absolute atomic E-state index is 12.8. The number of piperazine rings is 1. The third-order valence-electron chi connectivity index (χ3n) is 10.4. The molecular weight excluding hydrogens is 590 g/mol. The number of benzene rings is 1. The second kappa shape index (κ2) is 11.8. The lowest BCUT2D eigenvalue weighted by Gasteiger charge is -2.53. The molecule has 4 fully saturated rings. The Morgan fingerprint density at radius 3 is 2.51 bits per heavy atom. The molecule has 244 valence electrons. The molecule has 4 aliphatic rings. The number of halogens is 1. The van der Waals surface area contributed by atoms with Crippen molar-refractivity contribution in [3.63, 3.8) is 0 Å². The number of amides is 1. The molecule has 2 aromatic heterocycles. The number of likely N-dealkylation sites (tertiary alicyclic amines) is 1. The summed E-state index contributed by atoms with van der Waals surface area (Å²) in [4.78, 5) is 17.3. The van der Waals surface area contributed by atoms with Gasteiger partial charge < -0.3 is 24.6 Å². The highest BCUT2D eigenvalue weighted by Crippen LogP contribution is 2.49. The Morgan fingerprint density at radius 2 is 1.84 bits per heavy atom. The molecule has 11 heteroatoms. The highest BCUT2D eigenvalue weighted by atomic mass is 35.5. The Balaban J connectivity index is 1.32. The summed E-state index contributed by atoms with van der Waals surface area (Å²) >= 11 is 7.31. The van der Waals surface area contributed by atoms with Gasteiger partial charge in [-0.2, -0.15) is 10.2 Å². The standard InChI is InChI=1S/C34H48ClN7O3/c1-22-19-26-25(20-37-42(26)27-9-6-7-18-44-27)29(30(22)35)28-23(2)41(24-10-15-39(16-11-24)32(43)45-33(3,4)5)38-31(28)40-17-14-36-21-34(40)12-8-13-34/h19-20,24,27,36H,6-18,21H2,1-5H3. The monoisotopic (exact) mass is 637 g/mol. The first-order chi connectivity index (χ1) is 21.6. The Labute approximate surface area is 271 Å². The Bertz CT molecular complexity index is 1570. The number of hydrogen-bond donors (Lipinski definition) is 1. The lowest BCUT2D eigenvalue weighted by molar-refractivity contribution is -0.0366. The van der Waals surface area contributed by atoms with E-state index in [0.29, 0.717) is 13.1 Å². The number of hydrogen-bond acceptors (Lipinski definition) is 7. The summed E-state index contributed by atoms with van der Waals surface area (Å²) in [5.41, 5.74) is 4.90. The predicted octanol–water partition coefficient (Wildman–Crippen LogP) is 6.77. The molecule has 0 bridgehead atoms. The highest BCUT2D eigenvalue weighted by Gasteiger charge is 2.46. The van der Waals surface area contributed by atoms with E-state index < -0.39 is 5.60 Å². The zero-order valence-electron chi connectivity index (χ0n) is 27.5. The van der Waals surface area contributed by atoms with Gasteiger partial charge in [0.05, 0.1) is 28.3 Å². The lowest BCUT2D eigenvalue weighted by atomic mass is 9.74. The first-order valence-electron chi connectivity index (χ1n) is 16.9. The number of rotatable bonds is 4. The quantitative estimate of drug-likeness (QED) is 0.338. The molecule has 3 saturated heterocycles. The zero-order chi connectivity index (χ0) is 31.5. The van der Waals surface area contributed by atoms with Crippen molar-refractivity contribution in [1.82, 2.24) is 29.8 Å². The molecule has 10 nitrogen and oxygen atoms in total. The summed E-state index contributed by atoms with van der Waals surface area (Å²) in [6.07, 6.45) is 10.1. The van der Waals surface area contributed by atoms with Gasteiger partial charge >= 0.3 is 6.09 Å². The van der Waals surface area contributed by atoms with Crippen LogP contribution in [0.2, 0.25) is 5.02 Å². The normalized spacial score (nSPS) is 22.7. The molecule has 45 heavy (non-hydrogen) atoms. The minimum atomic E-state index is -0.508. The molecule has 1 aromatic carbocycles. The number of nitrogens with one attached hydrogen (secondary N) is 1. The van der Waals surface area contributed by atoms with Crippen molar-refractivity contribution in [3.8, 4) is 11.1 Å². The number of aryl methyl sites for hydroxylation is 1. The molecule has 1 unspecified atom stereocenters. The van der Waals surface area contributed by atoms with Crippen molar-refractivity contribution >= 4 is 34.4 Å². The van der Waals surface area contributed by atoms with E-state index in [0.717, 1.165) is 115 Å². The molecule has 0 radical (unpaired) electrons. The van der Waals surface area contributed by atoms with Crippen molar-refractivity contribution < 1.29 is 14.3 Å². The summed E-state index contributed by atoms with van der Waals surface area (Å²) in [6.45, 7) is 14.9. The van der Waals surface area contributed by atoms with E-state index in [4.69, 9.17) is 31.3 Å². The van der Waals surface area contributed by atoms with Crippen LogP contribution in [0.3, 0.4) is 0 Å². The first-order valence-corrected chi connectivity index (χ1v) is 17.3. The molecular formula is C34H48ClN7O3. The van der Waals surface area contributed by atoms with E-state index in [-0.39, 0.29) is 23.9 Å².